The summed E-state index contributed by atoms with van der Waals surface area (Å²) in [6, 6.07) is 12.0. The van der Waals surface area contributed by atoms with E-state index in [2.05, 4.69) is 9.97 Å². The first-order chi connectivity index (χ1) is 14.6. The lowest BCUT2D eigenvalue weighted by Gasteiger charge is -2.33. The summed E-state index contributed by atoms with van der Waals surface area (Å²) in [5.41, 5.74) is 1.61. The molecule has 4 rings (SSSR count). The quantitative estimate of drug-likeness (QED) is 0.634. The van der Waals surface area contributed by atoms with Gasteiger partial charge in [0.05, 0.1) is 11.4 Å². The lowest BCUT2D eigenvalue weighted by Crippen LogP contribution is -2.41. The molecule has 3 aromatic rings. The maximum atomic E-state index is 14.3. The van der Waals surface area contributed by atoms with Crippen molar-refractivity contribution >= 4 is 5.91 Å². The van der Waals surface area contributed by atoms with Crippen LogP contribution in [0, 0.1) is 11.6 Å². The highest BCUT2D eigenvalue weighted by Gasteiger charge is 2.28. The minimum Gasteiger partial charge on any atom is -0.484 e. The number of carbonyl (C=O) groups excluding carboxylic acids is 1. The summed E-state index contributed by atoms with van der Waals surface area (Å²) in [7, 11) is 0. The highest BCUT2D eigenvalue weighted by molar-refractivity contribution is 5.78. The van der Waals surface area contributed by atoms with Gasteiger partial charge in [0.2, 0.25) is 0 Å². The fourth-order valence-corrected chi connectivity index (χ4v) is 3.70. The topological polar surface area (TPSA) is 55.3 Å². The minimum atomic E-state index is -0.359. The molecule has 154 valence electrons. The Kier molecular flexibility index (Phi) is 5.97. The van der Waals surface area contributed by atoms with Crippen LogP contribution in [0.3, 0.4) is 0 Å². The standard InChI is InChI=1S/C23H21F2N3O2/c24-17-7-9-18(10-8-17)30-15-21(29)28-13-3-4-16(14-28)22-23(27-12-11-26-22)19-5-1-2-6-20(19)25/h1-2,5-12,16H,3-4,13-15H2/t16-/m0/s1. The normalized spacial score (nSPS) is 16.3. The number of hydrogen-bond donors (Lipinski definition) is 0. The van der Waals surface area contributed by atoms with Crippen molar-refractivity contribution in [3.05, 3.63) is 78.3 Å². The molecule has 0 N–H and O–H groups in total. The molecule has 1 amide bonds. The zero-order valence-corrected chi connectivity index (χ0v) is 16.3. The predicted octanol–water partition coefficient (Wildman–Crippen LogP) is 4.21. The van der Waals surface area contributed by atoms with E-state index in [1.807, 2.05) is 0 Å². The van der Waals surface area contributed by atoms with E-state index < -0.39 is 0 Å². The Bertz CT molecular complexity index is 1030. The van der Waals surface area contributed by atoms with Gasteiger partial charge in [0, 0.05) is 37.0 Å². The number of nitrogens with zero attached hydrogens (tertiary/aromatic N) is 3. The first kappa shape index (κ1) is 19.9. The second-order valence-electron chi connectivity index (χ2n) is 7.19. The molecule has 1 fully saturated rings. The van der Waals surface area contributed by atoms with Crippen molar-refractivity contribution in [2.45, 2.75) is 18.8 Å². The number of amides is 1. The molecular weight excluding hydrogens is 388 g/mol. The lowest BCUT2D eigenvalue weighted by atomic mass is 9.91. The Hall–Kier alpha value is -3.35. The van der Waals surface area contributed by atoms with E-state index in [9.17, 15) is 13.6 Å². The largest absolute Gasteiger partial charge is 0.484 e. The van der Waals surface area contributed by atoms with Crippen LogP contribution >= 0.6 is 0 Å². The van der Waals surface area contributed by atoms with E-state index >= 15 is 0 Å². The van der Waals surface area contributed by atoms with Crippen LogP contribution in [0.4, 0.5) is 8.78 Å². The number of benzene rings is 2. The molecule has 1 aromatic heterocycles. The fourth-order valence-electron chi connectivity index (χ4n) is 3.70. The molecule has 0 saturated carbocycles. The molecule has 5 nitrogen and oxygen atoms in total. The third-order valence-corrected chi connectivity index (χ3v) is 5.19. The number of aromatic nitrogens is 2. The summed E-state index contributed by atoms with van der Waals surface area (Å²) in [5.74, 6) is -0.468. The highest BCUT2D eigenvalue weighted by Crippen LogP contribution is 2.32. The molecule has 0 spiro atoms. The fraction of sp³-hybridized carbons (Fsp3) is 0.261. The van der Waals surface area contributed by atoms with Crippen LogP contribution < -0.4 is 4.74 Å². The van der Waals surface area contributed by atoms with Crippen molar-refractivity contribution in [1.82, 2.24) is 14.9 Å². The van der Waals surface area contributed by atoms with Gasteiger partial charge in [0.25, 0.3) is 5.91 Å². The van der Waals surface area contributed by atoms with Crippen LogP contribution in [0.5, 0.6) is 5.75 Å². The SMILES string of the molecule is O=C(COc1ccc(F)cc1)N1CCC[C@H](c2nccnc2-c2ccccc2F)C1. The summed E-state index contributed by atoms with van der Waals surface area (Å²) >= 11 is 0. The van der Waals surface area contributed by atoms with Crippen molar-refractivity contribution in [3.8, 4) is 17.0 Å². The summed E-state index contributed by atoms with van der Waals surface area (Å²) in [4.78, 5) is 23.2. The van der Waals surface area contributed by atoms with Gasteiger partial charge in [0.15, 0.2) is 6.61 Å². The average Bonchev–Trinajstić information content (AvgIpc) is 2.79. The average molecular weight is 409 g/mol. The summed E-state index contributed by atoms with van der Waals surface area (Å²) < 4.78 is 32.8. The van der Waals surface area contributed by atoms with Crippen LogP contribution in [0.1, 0.15) is 24.5 Å². The van der Waals surface area contributed by atoms with Gasteiger partial charge in [-0.25, -0.2) is 8.78 Å². The number of piperidine rings is 1. The Morgan fingerprint density at radius 2 is 1.83 bits per heavy atom. The number of halogens is 2. The molecule has 7 heteroatoms. The van der Waals surface area contributed by atoms with Crippen molar-refractivity contribution in [2.24, 2.45) is 0 Å². The zero-order valence-electron chi connectivity index (χ0n) is 16.3. The Labute approximate surface area is 173 Å². The van der Waals surface area contributed by atoms with E-state index in [-0.39, 0.29) is 30.1 Å². The van der Waals surface area contributed by atoms with Crippen molar-refractivity contribution in [1.29, 1.82) is 0 Å². The van der Waals surface area contributed by atoms with Crippen LogP contribution in [-0.4, -0.2) is 40.5 Å². The zero-order chi connectivity index (χ0) is 20.9. The first-order valence-electron chi connectivity index (χ1n) is 9.84. The second kappa shape index (κ2) is 8.98. The molecule has 0 bridgehead atoms. The Morgan fingerprint density at radius 1 is 1.07 bits per heavy atom. The van der Waals surface area contributed by atoms with Crippen molar-refractivity contribution in [3.63, 3.8) is 0 Å². The van der Waals surface area contributed by atoms with E-state index in [0.29, 0.717) is 35.8 Å². The van der Waals surface area contributed by atoms with Crippen LogP contribution in [0.15, 0.2) is 60.9 Å². The molecule has 0 unspecified atom stereocenters. The number of rotatable bonds is 5. The molecule has 2 aromatic carbocycles. The van der Waals surface area contributed by atoms with Gasteiger partial charge in [-0.05, 0) is 49.2 Å². The summed E-state index contributed by atoms with van der Waals surface area (Å²) in [6.07, 6.45) is 4.79. The van der Waals surface area contributed by atoms with Gasteiger partial charge in [-0.2, -0.15) is 0 Å². The first-order valence-corrected chi connectivity index (χ1v) is 9.84. The van der Waals surface area contributed by atoms with Gasteiger partial charge in [-0.1, -0.05) is 12.1 Å². The minimum absolute atomic E-state index is 0.0446. The number of carbonyl (C=O) groups is 1. The van der Waals surface area contributed by atoms with Crippen LogP contribution in [-0.2, 0) is 4.79 Å². The van der Waals surface area contributed by atoms with E-state index in [0.717, 1.165) is 12.8 Å². The summed E-state index contributed by atoms with van der Waals surface area (Å²) in [6.45, 7) is 0.960. The van der Waals surface area contributed by atoms with Gasteiger partial charge in [0.1, 0.15) is 17.4 Å². The predicted molar refractivity (Wildman–Crippen MR) is 108 cm³/mol. The van der Waals surface area contributed by atoms with Gasteiger partial charge >= 0.3 is 0 Å². The Balaban J connectivity index is 1.47. The van der Waals surface area contributed by atoms with E-state index in [4.69, 9.17) is 4.74 Å². The maximum absolute atomic E-state index is 14.3. The molecular formula is C23H21F2N3O2. The van der Waals surface area contributed by atoms with E-state index in [1.54, 1.807) is 35.5 Å². The third kappa shape index (κ3) is 4.45. The molecule has 0 aliphatic carbocycles. The maximum Gasteiger partial charge on any atom is 0.260 e. The van der Waals surface area contributed by atoms with Gasteiger partial charge < -0.3 is 9.64 Å². The van der Waals surface area contributed by atoms with Gasteiger partial charge in [-0.15, -0.1) is 0 Å². The molecule has 1 atom stereocenters. The molecule has 30 heavy (non-hydrogen) atoms. The number of hydrogen-bond acceptors (Lipinski definition) is 4. The number of ether oxygens (including phenoxy) is 1. The number of likely N-dealkylation sites (tertiary alicyclic amines) is 1. The molecule has 2 heterocycles. The van der Waals surface area contributed by atoms with Crippen LogP contribution in [0.25, 0.3) is 11.3 Å². The molecule has 1 aliphatic heterocycles. The monoisotopic (exact) mass is 409 g/mol. The van der Waals surface area contributed by atoms with E-state index in [1.165, 1.54) is 30.3 Å². The molecule has 1 aliphatic rings. The molecule has 0 radical (unpaired) electrons. The second-order valence-corrected chi connectivity index (χ2v) is 7.19. The Morgan fingerprint density at radius 3 is 2.63 bits per heavy atom. The van der Waals surface area contributed by atoms with Crippen molar-refractivity contribution in [2.75, 3.05) is 19.7 Å². The third-order valence-electron chi connectivity index (χ3n) is 5.19. The smallest absolute Gasteiger partial charge is 0.260 e. The summed E-state index contributed by atoms with van der Waals surface area (Å²) in [5, 5.41) is 0. The van der Waals surface area contributed by atoms with Gasteiger partial charge in [-0.3, -0.25) is 14.8 Å². The lowest BCUT2D eigenvalue weighted by molar-refractivity contribution is -0.134. The highest BCUT2D eigenvalue weighted by atomic mass is 19.1. The molecule has 1 saturated heterocycles. The van der Waals surface area contributed by atoms with Crippen molar-refractivity contribution < 1.29 is 18.3 Å². The van der Waals surface area contributed by atoms with Crippen LogP contribution in [0.2, 0.25) is 0 Å².